The Morgan fingerprint density at radius 1 is 1.00 bits per heavy atom. The van der Waals surface area contributed by atoms with Gasteiger partial charge in [-0.15, -0.1) is 0 Å². The molecule has 1 rings (SSSR count). The number of aliphatic imine (C=N–C) groups is 1. The Hall–Kier alpha value is -3.46. The third kappa shape index (κ3) is 10.1. The molecule has 1 fully saturated rings. The van der Waals surface area contributed by atoms with Crippen LogP contribution in [-0.4, -0.2) is 94.8 Å². The second-order valence-corrected chi connectivity index (χ2v) is 7.40. The molecule has 15 nitrogen and oxygen atoms in total. The van der Waals surface area contributed by atoms with Gasteiger partial charge >= 0.3 is 11.9 Å². The van der Waals surface area contributed by atoms with Crippen LogP contribution in [0.2, 0.25) is 0 Å². The minimum absolute atomic E-state index is 0.0802. The first kappa shape index (κ1) is 27.6. The van der Waals surface area contributed by atoms with Crippen LogP contribution in [0.25, 0.3) is 0 Å². The number of nitrogens with zero attached hydrogens (tertiary/aromatic N) is 1. The van der Waals surface area contributed by atoms with Crippen LogP contribution in [0.3, 0.4) is 0 Å². The normalized spacial score (nSPS) is 17.8. The predicted octanol–water partition coefficient (Wildman–Crippen LogP) is -4.20. The fourth-order valence-electron chi connectivity index (χ4n) is 3.07. The molecule has 0 saturated carbocycles. The molecule has 1 heterocycles. The van der Waals surface area contributed by atoms with Crippen molar-refractivity contribution in [2.75, 3.05) is 19.7 Å². The minimum atomic E-state index is -1.69. The molecular formula is C18H31N7O8. The van der Waals surface area contributed by atoms with Gasteiger partial charge in [0.15, 0.2) is 5.96 Å². The molecule has 11 N–H and O–H groups in total. The molecule has 0 aromatic rings. The Bertz CT molecular complexity index is 750. The van der Waals surface area contributed by atoms with Gasteiger partial charge in [0.1, 0.15) is 18.1 Å². The van der Waals surface area contributed by atoms with Crippen LogP contribution >= 0.6 is 0 Å². The lowest BCUT2D eigenvalue weighted by Crippen LogP contribution is -2.57. The summed E-state index contributed by atoms with van der Waals surface area (Å²) in [7, 11) is 0. The fourth-order valence-corrected chi connectivity index (χ4v) is 3.07. The summed E-state index contributed by atoms with van der Waals surface area (Å²) in [5.74, 6) is -5.52. The molecule has 15 heteroatoms. The monoisotopic (exact) mass is 473 g/mol. The van der Waals surface area contributed by atoms with E-state index in [2.05, 4.69) is 20.9 Å². The van der Waals surface area contributed by atoms with E-state index in [0.29, 0.717) is 13.0 Å². The maximum atomic E-state index is 12.8. The van der Waals surface area contributed by atoms with E-state index < -0.39 is 66.9 Å². The van der Waals surface area contributed by atoms with Crippen molar-refractivity contribution in [2.24, 2.45) is 16.5 Å². The van der Waals surface area contributed by atoms with Crippen LogP contribution in [0.1, 0.15) is 32.1 Å². The van der Waals surface area contributed by atoms with E-state index in [9.17, 15) is 24.0 Å². The van der Waals surface area contributed by atoms with Crippen molar-refractivity contribution in [1.29, 1.82) is 0 Å². The number of amides is 3. The summed E-state index contributed by atoms with van der Waals surface area (Å²) in [5, 5.41) is 36.9. The largest absolute Gasteiger partial charge is 0.481 e. The van der Waals surface area contributed by atoms with Crippen LogP contribution in [0.5, 0.6) is 0 Å². The average molecular weight is 473 g/mol. The molecule has 0 aromatic carbocycles. The van der Waals surface area contributed by atoms with E-state index in [4.69, 9.17) is 26.8 Å². The van der Waals surface area contributed by atoms with Gasteiger partial charge in [-0.05, 0) is 32.2 Å². The smallest absolute Gasteiger partial charge is 0.328 e. The molecule has 3 amide bonds. The van der Waals surface area contributed by atoms with Crippen LogP contribution in [-0.2, 0) is 24.0 Å². The maximum Gasteiger partial charge on any atom is 0.328 e. The SMILES string of the molecule is NC(N)=NCCCC(NC(=O)C1CCCN1)C(=O)NC(CC(=O)O)C(=O)NC(CO)C(=O)O. The van der Waals surface area contributed by atoms with Gasteiger partial charge in [-0.2, -0.15) is 0 Å². The number of nitrogens with two attached hydrogens (primary N) is 2. The Kier molecular flexibility index (Phi) is 11.6. The minimum Gasteiger partial charge on any atom is -0.481 e. The Labute approximate surface area is 189 Å². The number of carbonyl (C=O) groups is 5. The second-order valence-electron chi connectivity index (χ2n) is 7.40. The van der Waals surface area contributed by atoms with Crippen molar-refractivity contribution in [3.63, 3.8) is 0 Å². The van der Waals surface area contributed by atoms with Crippen molar-refractivity contribution in [3.8, 4) is 0 Å². The molecule has 0 aliphatic carbocycles. The summed E-state index contributed by atoms with van der Waals surface area (Å²) in [6.07, 6.45) is 0.882. The molecule has 4 atom stereocenters. The van der Waals surface area contributed by atoms with E-state index in [1.54, 1.807) is 0 Å². The Morgan fingerprint density at radius 2 is 1.64 bits per heavy atom. The van der Waals surface area contributed by atoms with Crippen molar-refractivity contribution in [3.05, 3.63) is 0 Å². The van der Waals surface area contributed by atoms with Gasteiger partial charge in [0.2, 0.25) is 17.7 Å². The van der Waals surface area contributed by atoms with Gasteiger partial charge in [-0.1, -0.05) is 0 Å². The predicted molar refractivity (Wildman–Crippen MR) is 114 cm³/mol. The number of carboxylic acids is 2. The van der Waals surface area contributed by atoms with Crippen LogP contribution in [0.4, 0.5) is 0 Å². The molecule has 0 spiro atoms. The lowest BCUT2D eigenvalue weighted by Gasteiger charge is -2.24. The summed E-state index contributed by atoms with van der Waals surface area (Å²) < 4.78 is 0. The highest BCUT2D eigenvalue weighted by molar-refractivity contribution is 5.95. The molecule has 1 aliphatic rings. The second kappa shape index (κ2) is 13.8. The summed E-state index contributed by atoms with van der Waals surface area (Å²) in [5.41, 5.74) is 10.5. The van der Waals surface area contributed by atoms with Gasteiger partial charge in [0.05, 0.1) is 19.1 Å². The number of aliphatic hydroxyl groups excluding tert-OH is 1. The number of carbonyl (C=O) groups excluding carboxylic acids is 3. The number of nitrogens with one attached hydrogen (secondary N) is 4. The summed E-state index contributed by atoms with van der Waals surface area (Å²) >= 11 is 0. The molecule has 4 unspecified atom stereocenters. The van der Waals surface area contributed by atoms with E-state index >= 15 is 0 Å². The van der Waals surface area contributed by atoms with Crippen LogP contribution in [0.15, 0.2) is 4.99 Å². The van der Waals surface area contributed by atoms with Gasteiger partial charge in [-0.25, -0.2) is 4.79 Å². The first-order chi connectivity index (χ1) is 15.5. The Morgan fingerprint density at radius 3 is 2.15 bits per heavy atom. The van der Waals surface area contributed by atoms with E-state index in [1.807, 2.05) is 5.32 Å². The van der Waals surface area contributed by atoms with Gasteiger partial charge in [-0.3, -0.25) is 24.2 Å². The fraction of sp³-hybridized carbons (Fsp3) is 0.667. The molecular weight excluding hydrogens is 442 g/mol. The highest BCUT2D eigenvalue weighted by Gasteiger charge is 2.32. The van der Waals surface area contributed by atoms with Gasteiger partial charge < -0.3 is 48.1 Å². The lowest BCUT2D eigenvalue weighted by molar-refractivity contribution is -0.144. The zero-order chi connectivity index (χ0) is 25.0. The number of guanidine groups is 1. The van der Waals surface area contributed by atoms with Crippen molar-refractivity contribution >= 4 is 35.6 Å². The van der Waals surface area contributed by atoms with Crippen molar-refractivity contribution in [2.45, 2.75) is 56.3 Å². The number of hydrogen-bond donors (Lipinski definition) is 9. The quantitative estimate of drug-likeness (QED) is 0.0663. The van der Waals surface area contributed by atoms with Crippen molar-refractivity contribution in [1.82, 2.24) is 21.3 Å². The van der Waals surface area contributed by atoms with Crippen LogP contribution in [0, 0.1) is 0 Å². The average Bonchev–Trinajstić information content (AvgIpc) is 3.27. The van der Waals surface area contributed by atoms with Gasteiger partial charge in [0, 0.05) is 6.54 Å². The number of rotatable bonds is 14. The molecule has 0 radical (unpaired) electrons. The molecule has 186 valence electrons. The first-order valence-electron chi connectivity index (χ1n) is 10.3. The van der Waals surface area contributed by atoms with Gasteiger partial charge in [0.25, 0.3) is 0 Å². The molecule has 33 heavy (non-hydrogen) atoms. The zero-order valence-electron chi connectivity index (χ0n) is 18.0. The highest BCUT2D eigenvalue weighted by atomic mass is 16.4. The van der Waals surface area contributed by atoms with Crippen molar-refractivity contribution < 1.29 is 39.3 Å². The topological polar surface area (TPSA) is 259 Å². The Balaban J connectivity index is 2.92. The van der Waals surface area contributed by atoms with Crippen LogP contribution < -0.4 is 32.7 Å². The summed E-state index contributed by atoms with van der Waals surface area (Å²) in [4.78, 5) is 63.7. The number of hydrogen-bond acceptors (Lipinski definition) is 8. The number of aliphatic hydroxyl groups is 1. The number of carboxylic acid groups (broad SMARTS) is 2. The third-order valence-electron chi connectivity index (χ3n) is 4.76. The standard InChI is InChI=1S/C18H31N7O8/c19-18(20)22-6-2-4-10(23-14(29)9-3-1-5-21-9)15(30)24-11(7-13(27)28)16(31)25-12(8-26)17(32)33/h9-12,21,26H,1-8H2,(H,23,29)(H,24,30)(H,25,31)(H,27,28)(H,32,33)(H4,19,20,22). The lowest BCUT2D eigenvalue weighted by atomic mass is 10.1. The van der Waals surface area contributed by atoms with E-state index in [1.165, 1.54) is 0 Å². The highest BCUT2D eigenvalue weighted by Crippen LogP contribution is 2.07. The molecule has 0 bridgehead atoms. The number of aliphatic carboxylic acids is 2. The molecule has 1 saturated heterocycles. The first-order valence-corrected chi connectivity index (χ1v) is 10.3. The molecule has 1 aliphatic heterocycles. The maximum absolute atomic E-state index is 12.8. The summed E-state index contributed by atoms with van der Waals surface area (Å²) in [6, 6.07) is -4.96. The third-order valence-corrected chi connectivity index (χ3v) is 4.76. The summed E-state index contributed by atoms with van der Waals surface area (Å²) in [6.45, 7) is -0.123. The van der Waals surface area contributed by atoms with E-state index in [-0.39, 0.29) is 25.3 Å². The molecule has 0 aromatic heterocycles. The van der Waals surface area contributed by atoms with E-state index in [0.717, 1.165) is 6.42 Å². The zero-order valence-corrected chi connectivity index (χ0v) is 18.0.